The molecule has 0 unspecified atom stereocenters. The van der Waals surface area contributed by atoms with Gasteiger partial charge in [0, 0.05) is 6.42 Å². The number of rotatable bonds is 7. The summed E-state index contributed by atoms with van der Waals surface area (Å²) in [5.74, 6) is 1.51. The van der Waals surface area contributed by atoms with Crippen LogP contribution in [0.2, 0.25) is 0 Å². The molecule has 2 N–H and O–H groups in total. The number of hydrogen-bond acceptors (Lipinski definition) is 4. The average Bonchev–Trinajstić information content (AvgIpc) is 3.26. The summed E-state index contributed by atoms with van der Waals surface area (Å²) in [5.41, 5.74) is 0.872. The van der Waals surface area contributed by atoms with E-state index in [2.05, 4.69) is 20.5 Å². The third-order valence-corrected chi connectivity index (χ3v) is 5.40. The van der Waals surface area contributed by atoms with Crippen molar-refractivity contribution in [3.8, 4) is 0 Å². The summed E-state index contributed by atoms with van der Waals surface area (Å²) in [6.45, 7) is 1.88. The molecule has 0 saturated heterocycles. The first-order valence-corrected chi connectivity index (χ1v) is 9.67. The fraction of sp³-hybridized carbons (Fsp3) is 0.500. The summed E-state index contributed by atoms with van der Waals surface area (Å²) in [6, 6.07) is 5.98. The van der Waals surface area contributed by atoms with Crippen LogP contribution in [0.3, 0.4) is 0 Å². The molecule has 1 aliphatic carbocycles. The zero-order chi connectivity index (χ0) is 17.6. The van der Waals surface area contributed by atoms with Crippen LogP contribution >= 0.6 is 11.8 Å². The second-order valence-corrected chi connectivity index (χ2v) is 7.49. The van der Waals surface area contributed by atoms with Crippen molar-refractivity contribution in [2.75, 3.05) is 5.75 Å². The number of carbonyl (C=O) groups is 1. The van der Waals surface area contributed by atoms with Crippen LogP contribution in [0.1, 0.15) is 50.0 Å². The van der Waals surface area contributed by atoms with Crippen molar-refractivity contribution in [2.24, 2.45) is 5.92 Å². The maximum absolute atomic E-state index is 12.9. The summed E-state index contributed by atoms with van der Waals surface area (Å²) in [5, 5.41) is 10.7. The van der Waals surface area contributed by atoms with Gasteiger partial charge in [0.2, 0.25) is 11.1 Å². The van der Waals surface area contributed by atoms with Crippen LogP contribution in [0.4, 0.5) is 4.39 Å². The molecule has 1 atom stereocenters. The van der Waals surface area contributed by atoms with E-state index in [0.29, 0.717) is 11.1 Å². The molecule has 3 rings (SSSR count). The minimum absolute atomic E-state index is 0.0935. The largest absolute Gasteiger partial charge is 0.349 e. The number of nitrogens with one attached hydrogen (secondary N) is 2. The molecule has 1 fully saturated rings. The van der Waals surface area contributed by atoms with Gasteiger partial charge in [-0.1, -0.05) is 49.6 Å². The fourth-order valence-corrected chi connectivity index (χ4v) is 3.80. The summed E-state index contributed by atoms with van der Waals surface area (Å²) in [4.78, 5) is 16.5. The number of hydrogen-bond donors (Lipinski definition) is 2. The number of carbonyl (C=O) groups excluding carboxylic acids is 1. The molecule has 0 spiro atoms. The van der Waals surface area contributed by atoms with E-state index < -0.39 is 0 Å². The third kappa shape index (κ3) is 5.29. The Kier molecular flexibility index (Phi) is 6.07. The van der Waals surface area contributed by atoms with Crippen molar-refractivity contribution in [1.29, 1.82) is 0 Å². The molecule has 1 heterocycles. The highest BCUT2D eigenvalue weighted by Crippen LogP contribution is 2.27. The van der Waals surface area contributed by atoms with Gasteiger partial charge < -0.3 is 5.32 Å². The van der Waals surface area contributed by atoms with Crippen molar-refractivity contribution in [1.82, 2.24) is 20.5 Å². The lowest BCUT2D eigenvalue weighted by molar-refractivity contribution is -0.119. The van der Waals surface area contributed by atoms with Crippen LogP contribution in [0.25, 0.3) is 0 Å². The molecule has 5 nitrogen and oxygen atoms in total. The van der Waals surface area contributed by atoms with Crippen LogP contribution in [-0.4, -0.2) is 26.8 Å². The lowest BCUT2D eigenvalue weighted by Crippen LogP contribution is -2.28. The van der Waals surface area contributed by atoms with Gasteiger partial charge in [0.1, 0.15) is 11.6 Å². The van der Waals surface area contributed by atoms with Crippen molar-refractivity contribution in [3.05, 3.63) is 41.5 Å². The van der Waals surface area contributed by atoms with Crippen LogP contribution in [0.5, 0.6) is 0 Å². The first-order valence-electron chi connectivity index (χ1n) is 8.69. The number of aromatic amines is 1. The van der Waals surface area contributed by atoms with Gasteiger partial charge in [0.15, 0.2) is 0 Å². The highest BCUT2D eigenvalue weighted by atomic mass is 32.2. The van der Waals surface area contributed by atoms with E-state index in [1.54, 1.807) is 12.1 Å². The maximum Gasteiger partial charge on any atom is 0.230 e. The van der Waals surface area contributed by atoms with E-state index in [4.69, 9.17) is 0 Å². The zero-order valence-corrected chi connectivity index (χ0v) is 15.1. The molecule has 0 bridgehead atoms. The van der Waals surface area contributed by atoms with E-state index >= 15 is 0 Å². The number of amides is 1. The lowest BCUT2D eigenvalue weighted by atomic mass is 10.0. The van der Waals surface area contributed by atoms with Crippen molar-refractivity contribution < 1.29 is 9.18 Å². The fourth-order valence-electron chi connectivity index (χ4n) is 3.17. The molecule has 25 heavy (non-hydrogen) atoms. The highest BCUT2D eigenvalue weighted by molar-refractivity contribution is 7.99. The first-order chi connectivity index (χ1) is 12.1. The van der Waals surface area contributed by atoms with Crippen LogP contribution in [0, 0.1) is 11.7 Å². The molecule has 1 aromatic heterocycles. The van der Waals surface area contributed by atoms with Gasteiger partial charge >= 0.3 is 0 Å². The minimum Gasteiger partial charge on any atom is -0.349 e. The van der Waals surface area contributed by atoms with Gasteiger partial charge in [-0.2, -0.15) is 0 Å². The number of benzene rings is 1. The second-order valence-electron chi connectivity index (χ2n) is 6.55. The van der Waals surface area contributed by atoms with Gasteiger partial charge in [0.25, 0.3) is 0 Å². The Morgan fingerprint density at radius 3 is 2.80 bits per heavy atom. The smallest absolute Gasteiger partial charge is 0.230 e. The monoisotopic (exact) mass is 362 g/mol. The van der Waals surface area contributed by atoms with Gasteiger partial charge in [0.05, 0.1) is 11.8 Å². The molecular weight excluding hydrogens is 339 g/mol. The molecule has 1 saturated carbocycles. The van der Waals surface area contributed by atoms with E-state index in [-0.39, 0.29) is 23.5 Å². The number of H-pyrrole nitrogens is 1. The van der Waals surface area contributed by atoms with E-state index in [0.717, 1.165) is 17.8 Å². The molecule has 1 amide bonds. The molecule has 134 valence electrons. The number of halogens is 1. The summed E-state index contributed by atoms with van der Waals surface area (Å²) >= 11 is 1.32. The predicted molar refractivity (Wildman–Crippen MR) is 95.7 cm³/mol. The van der Waals surface area contributed by atoms with Gasteiger partial charge in [-0.3, -0.25) is 9.89 Å². The van der Waals surface area contributed by atoms with Gasteiger partial charge in [-0.15, -0.1) is 5.10 Å². The van der Waals surface area contributed by atoms with Gasteiger partial charge in [-0.05, 0) is 30.5 Å². The van der Waals surface area contributed by atoms with Crippen LogP contribution in [-0.2, 0) is 11.2 Å². The Hall–Kier alpha value is -1.89. The molecule has 2 aromatic rings. The number of thioether (sulfide) groups is 1. The lowest BCUT2D eigenvalue weighted by Gasteiger charge is -2.13. The SMILES string of the molecule is C[C@@H](NC(=O)CSc1n[nH]c(CC2CCCC2)n1)c1ccc(F)cc1. The van der Waals surface area contributed by atoms with Crippen LogP contribution < -0.4 is 5.32 Å². The highest BCUT2D eigenvalue weighted by Gasteiger charge is 2.18. The summed E-state index contributed by atoms with van der Waals surface area (Å²) < 4.78 is 12.9. The molecule has 0 aliphatic heterocycles. The Bertz CT molecular complexity index is 697. The standard InChI is InChI=1S/C18H23FN4OS/c1-12(14-6-8-15(19)9-7-14)20-17(24)11-25-18-21-16(22-23-18)10-13-4-2-3-5-13/h6-9,12-13H,2-5,10-11H2,1H3,(H,20,24)(H,21,22,23)/t12-/m1/s1. The second kappa shape index (κ2) is 8.47. The Morgan fingerprint density at radius 2 is 2.08 bits per heavy atom. The molecule has 1 aromatic carbocycles. The first kappa shape index (κ1) is 17.9. The maximum atomic E-state index is 12.9. The topological polar surface area (TPSA) is 70.7 Å². The average molecular weight is 362 g/mol. The summed E-state index contributed by atoms with van der Waals surface area (Å²) in [6.07, 6.45) is 6.11. The number of nitrogens with zero attached hydrogens (tertiary/aromatic N) is 2. The predicted octanol–water partition coefficient (Wildman–Crippen LogP) is 3.65. The molecule has 0 radical (unpaired) electrons. The summed E-state index contributed by atoms with van der Waals surface area (Å²) in [7, 11) is 0. The van der Waals surface area contributed by atoms with Crippen molar-refractivity contribution >= 4 is 17.7 Å². The van der Waals surface area contributed by atoms with E-state index in [1.165, 1.54) is 49.6 Å². The Morgan fingerprint density at radius 1 is 1.36 bits per heavy atom. The molecule has 7 heteroatoms. The van der Waals surface area contributed by atoms with Crippen molar-refractivity contribution in [2.45, 2.75) is 50.2 Å². The van der Waals surface area contributed by atoms with Crippen LogP contribution in [0.15, 0.2) is 29.4 Å². The number of aromatic nitrogens is 3. The normalized spacial score (nSPS) is 16.1. The molecule has 1 aliphatic rings. The van der Waals surface area contributed by atoms with E-state index in [9.17, 15) is 9.18 Å². The van der Waals surface area contributed by atoms with E-state index in [1.807, 2.05) is 6.92 Å². The third-order valence-electron chi connectivity index (χ3n) is 4.55. The molecular formula is C18H23FN4OS. The van der Waals surface area contributed by atoms with Crippen molar-refractivity contribution in [3.63, 3.8) is 0 Å². The van der Waals surface area contributed by atoms with Gasteiger partial charge in [-0.25, -0.2) is 9.37 Å². The quantitative estimate of drug-likeness (QED) is 0.738. The Balaban J connectivity index is 1.44. The Labute approximate surface area is 151 Å². The minimum atomic E-state index is -0.282. The zero-order valence-electron chi connectivity index (χ0n) is 14.3.